The van der Waals surface area contributed by atoms with Crippen molar-refractivity contribution in [3.05, 3.63) is 47.3 Å². The van der Waals surface area contributed by atoms with Crippen LogP contribution in [0.2, 0.25) is 0 Å². The number of carbonyl (C=O) groups excluding carboxylic acids is 1. The first-order valence-corrected chi connectivity index (χ1v) is 8.29. The van der Waals surface area contributed by atoms with Gasteiger partial charge >= 0.3 is 0 Å². The molecule has 0 radical (unpaired) electrons. The van der Waals surface area contributed by atoms with Gasteiger partial charge in [-0.2, -0.15) is 0 Å². The summed E-state index contributed by atoms with van der Waals surface area (Å²) in [6.45, 7) is 5.32. The Bertz CT molecular complexity index is 692. The molecule has 0 unspecified atom stereocenters. The molecule has 0 bridgehead atoms. The van der Waals surface area contributed by atoms with E-state index in [2.05, 4.69) is 40.2 Å². The van der Waals surface area contributed by atoms with Crippen LogP contribution in [0.5, 0.6) is 0 Å². The molecule has 2 aromatic rings. The number of amides is 1. The van der Waals surface area contributed by atoms with E-state index in [0.29, 0.717) is 18.2 Å². The van der Waals surface area contributed by atoms with Gasteiger partial charge in [0.1, 0.15) is 0 Å². The number of hydrogen-bond acceptors (Lipinski definition) is 5. The molecule has 2 N–H and O–H groups in total. The fraction of sp³-hybridized carbons (Fsp3) is 0.471. The van der Waals surface area contributed by atoms with Crippen LogP contribution in [0, 0.1) is 12.8 Å². The summed E-state index contributed by atoms with van der Waals surface area (Å²) < 4.78 is 1.72. The third-order valence-electron chi connectivity index (χ3n) is 4.48. The lowest BCUT2D eigenvalue weighted by Gasteiger charge is -2.17. The predicted octanol–water partition coefficient (Wildman–Crippen LogP) is 0.821. The first-order valence-electron chi connectivity index (χ1n) is 8.29. The van der Waals surface area contributed by atoms with Gasteiger partial charge in [0.15, 0.2) is 5.69 Å². The molecule has 0 aliphatic carbocycles. The van der Waals surface area contributed by atoms with E-state index >= 15 is 0 Å². The van der Waals surface area contributed by atoms with Crippen molar-refractivity contribution in [3.63, 3.8) is 0 Å². The zero-order chi connectivity index (χ0) is 16.9. The second-order valence-electron chi connectivity index (χ2n) is 6.37. The van der Waals surface area contributed by atoms with E-state index in [4.69, 9.17) is 0 Å². The van der Waals surface area contributed by atoms with Crippen LogP contribution in [-0.4, -0.2) is 52.5 Å². The van der Waals surface area contributed by atoms with Gasteiger partial charge in [0, 0.05) is 26.7 Å². The molecule has 1 saturated heterocycles. The maximum Gasteiger partial charge on any atom is 0.275 e. The van der Waals surface area contributed by atoms with Crippen molar-refractivity contribution < 1.29 is 4.79 Å². The Morgan fingerprint density at radius 3 is 2.83 bits per heavy atom. The van der Waals surface area contributed by atoms with Crippen molar-refractivity contribution in [2.45, 2.75) is 19.9 Å². The van der Waals surface area contributed by atoms with E-state index in [1.165, 1.54) is 11.1 Å². The topological polar surface area (TPSA) is 75.1 Å². The Hall–Kier alpha value is -2.25. The van der Waals surface area contributed by atoms with Gasteiger partial charge < -0.3 is 4.90 Å². The molecule has 7 nitrogen and oxygen atoms in total. The van der Waals surface area contributed by atoms with Crippen LogP contribution in [0.4, 0.5) is 0 Å². The van der Waals surface area contributed by atoms with Crippen LogP contribution in [0.15, 0.2) is 30.5 Å². The van der Waals surface area contributed by atoms with E-state index in [1.54, 1.807) is 15.8 Å². The molecule has 1 amide bonds. The number of benzene rings is 1. The molecule has 1 aromatic carbocycles. The summed E-state index contributed by atoms with van der Waals surface area (Å²) in [7, 11) is 1.82. The number of hydrogen-bond donors (Lipinski definition) is 2. The molecular weight excluding hydrogens is 304 g/mol. The standard InChI is InChI=1S/C17H24N6O/c1-13-5-3-4-6-15(13)11-23-12-16(20-21-23)17(24)22(2)8-7-14-9-18-19-10-14/h3-6,12,14,18-19H,7-11H2,1-2H3. The van der Waals surface area contributed by atoms with Crippen LogP contribution in [0.1, 0.15) is 28.0 Å². The number of hydrazine groups is 1. The Morgan fingerprint density at radius 2 is 2.08 bits per heavy atom. The minimum atomic E-state index is -0.0788. The number of aromatic nitrogens is 3. The summed E-state index contributed by atoms with van der Waals surface area (Å²) in [4.78, 5) is 14.2. The highest BCUT2D eigenvalue weighted by atomic mass is 16.2. The molecule has 0 atom stereocenters. The van der Waals surface area contributed by atoms with E-state index in [-0.39, 0.29) is 5.91 Å². The summed E-state index contributed by atoms with van der Waals surface area (Å²) in [6.07, 6.45) is 2.70. The minimum Gasteiger partial charge on any atom is -0.340 e. The van der Waals surface area contributed by atoms with Crippen LogP contribution in [-0.2, 0) is 6.54 Å². The summed E-state index contributed by atoms with van der Waals surface area (Å²) in [5, 5.41) is 8.13. The van der Waals surface area contributed by atoms with Gasteiger partial charge in [-0.15, -0.1) is 5.10 Å². The number of aryl methyl sites for hydroxylation is 1. The van der Waals surface area contributed by atoms with E-state index in [9.17, 15) is 4.79 Å². The molecule has 0 spiro atoms. The van der Waals surface area contributed by atoms with Gasteiger partial charge in [-0.05, 0) is 30.4 Å². The minimum absolute atomic E-state index is 0.0788. The maximum absolute atomic E-state index is 12.5. The smallest absolute Gasteiger partial charge is 0.275 e. The van der Waals surface area contributed by atoms with Crippen molar-refractivity contribution in [2.75, 3.05) is 26.7 Å². The molecule has 1 aliphatic rings. The first kappa shape index (κ1) is 16.6. The lowest BCUT2D eigenvalue weighted by atomic mass is 10.1. The Kier molecular flexibility index (Phi) is 5.22. The van der Waals surface area contributed by atoms with E-state index in [0.717, 1.165) is 26.1 Å². The average molecular weight is 328 g/mol. The lowest BCUT2D eigenvalue weighted by Crippen LogP contribution is -2.30. The Morgan fingerprint density at radius 1 is 1.33 bits per heavy atom. The van der Waals surface area contributed by atoms with Crippen LogP contribution in [0.3, 0.4) is 0 Å². The third kappa shape index (κ3) is 3.98. The highest BCUT2D eigenvalue weighted by Crippen LogP contribution is 2.10. The summed E-state index contributed by atoms with van der Waals surface area (Å²) in [6, 6.07) is 8.15. The fourth-order valence-corrected chi connectivity index (χ4v) is 2.82. The van der Waals surface area contributed by atoms with E-state index in [1.807, 2.05) is 19.2 Å². The van der Waals surface area contributed by atoms with Crippen LogP contribution >= 0.6 is 0 Å². The molecule has 1 aliphatic heterocycles. The third-order valence-corrected chi connectivity index (χ3v) is 4.48. The van der Waals surface area contributed by atoms with Crippen molar-refractivity contribution in [1.82, 2.24) is 30.7 Å². The zero-order valence-electron chi connectivity index (χ0n) is 14.2. The molecule has 3 rings (SSSR count). The molecule has 0 saturated carbocycles. The second kappa shape index (κ2) is 7.55. The van der Waals surface area contributed by atoms with Crippen molar-refractivity contribution in [2.24, 2.45) is 5.92 Å². The quantitative estimate of drug-likeness (QED) is 0.821. The average Bonchev–Trinajstić information content (AvgIpc) is 3.26. The lowest BCUT2D eigenvalue weighted by molar-refractivity contribution is 0.0782. The summed E-state index contributed by atoms with van der Waals surface area (Å²) in [5.74, 6) is 0.488. The van der Waals surface area contributed by atoms with Gasteiger partial charge in [-0.25, -0.2) is 4.68 Å². The monoisotopic (exact) mass is 328 g/mol. The predicted molar refractivity (Wildman–Crippen MR) is 91.4 cm³/mol. The summed E-state index contributed by atoms with van der Waals surface area (Å²) in [5.41, 5.74) is 9.00. The zero-order valence-corrected chi connectivity index (χ0v) is 14.2. The highest BCUT2D eigenvalue weighted by Gasteiger charge is 2.19. The Labute approximate surface area is 142 Å². The van der Waals surface area contributed by atoms with Gasteiger partial charge in [0.2, 0.25) is 0 Å². The molecule has 24 heavy (non-hydrogen) atoms. The molecule has 1 aromatic heterocycles. The second-order valence-corrected chi connectivity index (χ2v) is 6.37. The molecule has 7 heteroatoms. The van der Waals surface area contributed by atoms with Gasteiger partial charge in [0.25, 0.3) is 5.91 Å². The van der Waals surface area contributed by atoms with Gasteiger partial charge in [-0.3, -0.25) is 15.6 Å². The number of nitrogens with zero attached hydrogens (tertiary/aromatic N) is 4. The van der Waals surface area contributed by atoms with Crippen molar-refractivity contribution >= 4 is 5.91 Å². The number of nitrogens with one attached hydrogen (secondary N) is 2. The van der Waals surface area contributed by atoms with Crippen molar-refractivity contribution in [3.8, 4) is 0 Å². The van der Waals surface area contributed by atoms with Gasteiger partial charge in [-0.1, -0.05) is 29.5 Å². The van der Waals surface area contributed by atoms with E-state index < -0.39 is 0 Å². The largest absolute Gasteiger partial charge is 0.340 e. The normalized spacial score (nSPS) is 14.9. The highest BCUT2D eigenvalue weighted by molar-refractivity contribution is 5.91. The molecule has 128 valence electrons. The maximum atomic E-state index is 12.5. The molecule has 1 fully saturated rings. The van der Waals surface area contributed by atoms with Gasteiger partial charge in [0.05, 0.1) is 12.7 Å². The Balaban J connectivity index is 1.57. The fourth-order valence-electron chi connectivity index (χ4n) is 2.82. The first-order chi connectivity index (χ1) is 11.6. The number of carbonyl (C=O) groups is 1. The van der Waals surface area contributed by atoms with Crippen molar-refractivity contribution in [1.29, 1.82) is 0 Å². The SMILES string of the molecule is Cc1ccccc1Cn1cc(C(=O)N(C)CCC2CNNC2)nn1. The molecule has 2 heterocycles. The van der Waals surface area contributed by atoms with Crippen LogP contribution in [0.25, 0.3) is 0 Å². The summed E-state index contributed by atoms with van der Waals surface area (Å²) >= 11 is 0. The molecular formula is C17H24N6O. The number of rotatable bonds is 6. The van der Waals surface area contributed by atoms with Crippen LogP contribution < -0.4 is 10.9 Å².